The van der Waals surface area contributed by atoms with Crippen molar-refractivity contribution in [2.75, 3.05) is 31.1 Å². The summed E-state index contributed by atoms with van der Waals surface area (Å²) in [5.41, 5.74) is 1.81. The molecule has 0 aliphatic carbocycles. The fourth-order valence-electron chi connectivity index (χ4n) is 3.47. The van der Waals surface area contributed by atoms with Gasteiger partial charge in [0.15, 0.2) is 5.82 Å². The number of nitrogens with zero attached hydrogens (tertiary/aromatic N) is 6. The van der Waals surface area contributed by atoms with Gasteiger partial charge in [0.25, 0.3) is 0 Å². The molecule has 158 valence electrons. The molecule has 4 rings (SSSR count). The molecule has 30 heavy (non-hydrogen) atoms. The molecule has 0 bridgehead atoms. The number of benzene rings is 1. The van der Waals surface area contributed by atoms with Crippen LogP contribution in [0.2, 0.25) is 0 Å². The zero-order chi connectivity index (χ0) is 21.5. The molecule has 0 atom stereocenters. The molecule has 0 N–H and O–H groups in total. The van der Waals surface area contributed by atoms with Crippen LogP contribution in [0.5, 0.6) is 0 Å². The highest BCUT2D eigenvalue weighted by atomic mass is 32.2. The minimum atomic E-state index is -4.05. The first-order valence-corrected chi connectivity index (χ1v) is 10.8. The highest BCUT2D eigenvalue weighted by Crippen LogP contribution is 2.23. The lowest BCUT2D eigenvalue weighted by Gasteiger charge is -2.34. The van der Waals surface area contributed by atoms with Gasteiger partial charge in [-0.1, -0.05) is 0 Å². The van der Waals surface area contributed by atoms with Crippen LogP contribution in [0.25, 0.3) is 5.82 Å². The van der Waals surface area contributed by atoms with Gasteiger partial charge in [0.05, 0.1) is 5.69 Å². The minimum absolute atomic E-state index is 0.151. The van der Waals surface area contributed by atoms with Crippen LogP contribution in [-0.4, -0.2) is 58.7 Å². The Labute approximate surface area is 172 Å². The number of rotatable bonds is 4. The van der Waals surface area contributed by atoms with Crippen molar-refractivity contribution >= 4 is 15.8 Å². The lowest BCUT2D eigenvalue weighted by molar-refractivity contribution is 0.381. The molecule has 0 unspecified atom stereocenters. The van der Waals surface area contributed by atoms with Crippen molar-refractivity contribution in [3.05, 3.63) is 59.7 Å². The first-order valence-electron chi connectivity index (χ1n) is 9.31. The van der Waals surface area contributed by atoms with Gasteiger partial charge >= 0.3 is 0 Å². The number of aryl methyl sites for hydroxylation is 2. The van der Waals surface area contributed by atoms with Crippen LogP contribution in [0.1, 0.15) is 11.4 Å². The Kier molecular flexibility index (Phi) is 5.24. The van der Waals surface area contributed by atoms with E-state index in [1.54, 1.807) is 10.7 Å². The Morgan fingerprint density at radius 2 is 1.63 bits per heavy atom. The zero-order valence-electron chi connectivity index (χ0n) is 16.5. The maximum Gasteiger partial charge on any atom is 0.246 e. The molecule has 1 aliphatic rings. The highest BCUT2D eigenvalue weighted by Gasteiger charge is 2.31. The fourth-order valence-corrected chi connectivity index (χ4v) is 4.94. The summed E-state index contributed by atoms with van der Waals surface area (Å²) in [5, 5.41) is 4.42. The second kappa shape index (κ2) is 7.73. The SMILES string of the molecule is Cc1cc(C)n(-c2cc(N3CCN(S(=O)(=O)c4ccc(F)cc4F)CC3)ncn2)n1. The van der Waals surface area contributed by atoms with E-state index in [0.29, 0.717) is 30.8 Å². The summed E-state index contributed by atoms with van der Waals surface area (Å²) >= 11 is 0. The van der Waals surface area contributed by atoms with Crippen LogP contribution in [0.4, 0.5) is 14.6 Å². The Morgan fingerprint density at radius 1 is 0.933 bits per heavy atom. The molecule has 8 nitrogen and oxygen atoms in total. The summed E-state index contributed by atoms with van der Waals surface area (Å²) < 4.78 is 55.5. The standard InChI is InChI=1S/C19H20F2N6O2S/c1-13-9-14(2)27(24-13)19-11-18(22-12-23-19)25-5-7-26(8-6-25)30(28,29)17-4-3-15(20)10-16(17)21/h3-4,9-12H,5-8H2,1-2H3. The van der Waals surface area contributed by atoms with E-state index < -0.39 is 26.6 Å². The average Bonchev–Trinajstić information content (AvgIpc) is 3.06. The van der Waals surface area contributed by atoms with Gasteiger partial charge < -0.3 is 4.90 Å². The van der Waals surface area contributed by atoms with Crippen molar-refractivity contribution in [1.82, 2.24) is 24.1 Å². The first-order chi connectivity index (χ1) is 14.3. The van der Waals surface area contributed by atoms with Crippen LogP contribution in [0.15, 0.2) is 41.6 Å². The molecular formula is C19H20F2N6O2S. The lowest BCUT2D eigenvalue weighted by Crippen LogP contribution is -2.49. The molecule has 2 aromatic heterocycles. The molecule has 1 aromatic carbocycles. The van der Waals surface area contributed by atoms with Crippen LogP contribution in [-0.2, 0) is 10.0 Å². The van der Waals surface area contributed by atoms with Gasteiger partial charge in [0, 0.05) is 44.0 Å². The molecule has 11 heteroatoms. The molecule has 1 fully saturated rings. The summed E-state index contributed by atoms with van der Waals surface area (Å²) in [6, 6.07) is 6.21. The second-order valence-corrected chi connectivity index (χ2v) is 8.95. The van der Waals surface area contributed by atoms with Crippen molar-refractivity contribution in [3.63, 3.8) is 0 Å². The van der Waals surface area contributed by atoms with Crippen LogP contribution < -0.4 is 4.90 Å². The van der Waals surface area contributed by atoms with Crippen molar-refractivity contribution in [1.29, 1.82) is 0 Å². The fraction of sp³-hybridized carbons (Fsp3) is 0.316. The van der Waals surface area contributed by atoms with Crippen LogP contribution in [0, 0.1) is 25.5 Å². The number of anilines is 1. The predicted molar refractivity (Wildman–Crippen MR) is 106 cm³/mol. The Bertz CT molecular complexity index is 1190. The molecule has 3 heterocycles. The second-order valence-electron chi connectivity index (χ2n) is 7.04. The van der Waals surface area contributed by atoms with E-state index in [1.165, 1.54) is 10.6 Å². The van der Waals surface area contributed by atoms with Crippen molar-refractivity contribution in [2.45, 2.75) is 18.7 Å². The van der Waals surface area contributed by atoms with Gasteiger partial charge in [-0.05, 0) is 32.0 Å². The third-order valence-electron chi connectivity index (χ3n) is 4.94. The van der Waals surface area contributed by atoms with Gasteiger partial charge in [-0.15, -0.1) is 0 Å². The summed E-state index contributed by atoms with van der Waals surface area (Å²) in [4.78, 5) is 9.98. The molecule has 0 radical (unpaired) electrons. The third kappa shape index (κ3) is 3.77. The maximum absolute atomic E-state index is 14.0. The molecule has 1 saturated heterocycles. The van der Waals surface area contributed by atoms with E-state index in [2.05, 4.69) is 15.1 Å². The third-order valence-corrected chi connectivity index (χ3v) is 6.87. The number of piperazine rings is 1. The number of aromatic nitrogens is 4. The summed E-state index contributed by atoms with van der Waals surface area (Å²) in [7, 11) is -4.05. The number of hydrogen-bond donors (Lipinski definition) is 0. The van der Waals surface area contributed by atoms with Gasteiger partial charge in [-0.25, -0.2) is 31.8 Å². The van der Waals surface area contributed by atoms with E-state index in [0.717, 1.165) is 23.5 Å². The predicted octanol–water partition coefficient (Wildman–Crippen LogP) is 2.07. The van der Waals surface area contributed by atoms with E-state index in [-0.39, 0.29) is 13.1 Å². The molecule has 0 saturated carbocycles. The van der Waals surface area contributed by atoms with Crippen LogP contribution >= 0.6 is 0 Å². The van der Waals surface area contributed by atoms with E-state index in [9.17, 15) is 17.2 Å². The summed E-state index contributed by atoms with van der Waals surface area (Å²) in [6.07, 6.45) is 1.44. The minimum Gasteiger partial charge on any atom is -0.354 e. The van der Waals surface area contributed by atoms with E-state index in [4.69, 9.17) is 0 Å². The van der Waals surface area contributed by atoms with Gasteiger partial charge in [0.2, 0.25) is 10.0 Å². The first kappa shape index (κ1) is 20.4. The van der Waals surface area contributed by atoms with Gasteiger partial charge in [-0.3, -0.25) is 0 Å². The maximum atomic E-state index is 14.0. The molecule has 1 aliphatic heterocycles. The normalized spacial score (nSPS) is 15.5. The van der Waals surface area contributed by atoms with Crippen molar-refractivity contribution in [2.24, 2.45) is 0 Å². The summed E-state index contributed by atoms with van der Waals surface area (Å²) in [6.45, 7) is 4.87. The van der Waals surface area contributed by atoms with Gasteiger partial charge in [-0.2, -0.15) is 9.40 Å². The van der Waals surface area contributed by atoms with E-state index >= 15 is 0 Å². The van der Waals surface area contributed by atoms with Crippen molar-refractivity contribution < 1.29 is 17.2 Å². The van der Waals surface area contributed by atoms with Crippen LogP contribution in [0.3, 0.4) is 0 Å². The quantitative estimate of drug-likeness (QED) is 0.625. The largest absolute Gasteiger partial charge is 0.354 e. The smallest absolute Gasteiger partial charge is 0.246 e. The summed E-state index contributed by atoms with van der Waals surface area (Å²) in [5.74, 6) is -0.646. The number of halogens is 2. The number of sulfonamides is 1. The Morgan fingerprint density at radius 3 is 2.27 bits per heavy atom. The molecular weight excluding hydrogens is 414 g/mol. The Hall–Kier alpha value is -2.92. The molecule has 0 amide bonds. The molecule has 3 aromatic rings. The topological polar surface area (TPSA) is 84.2 Å². The monoisotopic (exact) mass is 434 g/mol. The highest BCUT2D eigenvalue weighted by molar-refractivity contribution is 7.89. The van der Waals surface area contributed by atoms with Gasteiger partial charge in [0.1, 0.15) is 28.7 Å². The Balaban J connectivity index is 1.51. The zero-order valence-corrected chi connectivity index (χ0v) is 17.3. The van der Waals surface area contributed by atoms with Crippen molar-refractivity contribution in [3.8, 4) is 5.82 Å². The molecule has 0 spiro atoms. The lowest BCUT2D eigenvalue weighted by atomic mass is 10.3. The number of hydrogen-bond acceptors (Lipinski definition) is 6. The van der Waals surface area contributed by atoms with E-state index in [1.807, 2.05) is 24.8 Å². The average molecular weight is 434 g/mol.